The molecule has 0 radical (unpaired) electrons. The fraction of sp³-hybridized carbons (Fsp3) is 0.571. The van der Waals surface area contributed by atoms with Crippen molar-refractivity contribution >= 4 is 11.4 Å². The number of benzene rings is 1. The summed E-state index contributed by atoms with van der Waals surface area (Å²) in [5, 5.41) is 13.3. The largest absolute Gasteiger partial charge is 0.397 e. The van der Waals surface area contributed by atoms with Crippen molar-refractivity contribution in [3.05, 3.63) is 23.5 Å². The molecule has 3 nitrogen and oxygen atoms in total. The molecule has 2 rings (SSSR count). The van der Waals surface area contributed by atoms with Crippen molar-refractivity contribution in [3.8, 4) is 0 Å². The van der Waals surface area contributed by atoms with Crippen LogP contribution < -0.4 is 11.1 Å². The van der Waals surface area contributed by atoms with Crippen molar-refractivity contribution in [2.45, 2.75) is 51.2 Å². The highest BCUT2D eigenvalue weighted by atomic mass is 19.1. The predicted octanol–water partition coefficient (Wildman–Crippen LogP) is 2.82. The lowest BCUT2D eigenvalue weighted by Crippen LogP contribution is -2.32. The lowest BCUT2D eigenvalue weighted by atomic mass is 10.0. The average molecular weight is 252 g/mol. The monoisotopic (exact) mass is 252 g/mol. The van der Waals surface area contributed by atoms with Gasteiger partial charge in [-0.15, -0.1) is 0 Å². The van der Waals surface area contributed by atoms with Crippen LogP contribution in [0.2, 0.25) is 0 Å². The van der Waals surface area contributed by atoms with Crippen LogP contribution in [0.3, 0.4) is 0 Å². The molecule has 0 amide bonds. The summed E-state index contributed by atoms with van der Waals surface area (Å²) in [7, 11) is 0. The smallest absolute Gasteiger partial charge is 0.128 e. The van der Waals surface area contributed by atoms with Crippen LogP contribution in [-0.2, 0) is 0 Å². The van der Waals surface area contributed by atoms with Crippen LogP contribution in [0.15, 0.2) is 12.1 Å². The Kier molecular flexibility index (Phi) is 4.07. The fourth-order valence-corrected chi connectivity index (χ4v) is 2.48. The Hall–Kier alpha value is -1.29. The van der Waals surface area contributed by atoms with Gasteiger partial charge in [-0.2, -0.15) is 0 Å². The molecule has 1 aliphatic rings. The molecule has 2 atom stereocenters. The molecule has 1 saturated carbocycles. The van der Waals surface area contributed by atoms with Crippen LogP contribution in [0, 0.1) is 12.7 Å². The van der Waals surface area contributed by atoms with Gasteiger partial charge in [0.05, 0.1) is 23.5 Å². The van der Waals surface area contributed by atoms with Gasteiger partial charge in [-0.05, 0) is 37.5 Å². The molecule has 0 aliphatic heterocycles. The number of hydrogen-bond donors (Lipinski definition) is 3. The first kappa shape index (κ1) is 13.1. The van der Waals surface area contributed by atoms with E-state index in [0.717, 1.165) is 37.8 Å². The van der Waals surface area contributed by atoms with Gasteiger partial charge in [-0.1, -0.05) is 19.3 Å². The fourth-order valence-electron chi connectivity index (χ4n) is 2.48. The van der Waals surface area contributed by atoms with Crippen LogP contribution >= 0.6 is 0 Å². The van der Waals surface area contributed by atoms with Gasteiger partial charge in [0.2, 0.25) is 0 Å². The normalized spacial score (nSPS) is 24.6. The standard InChI is InChI=1S/C14H21FN2O/c1-9-7-13(11(16)8-10(9)15)17-12-5-3-2-4-6-14(12)18/h7-8,12,14,17-18H,2-6,16H2,1H3. The average Bonchev–Trinajstić information content (AvgIpc) is 2.52. The minimum Gasteiger partial charge on any atom is -0.397 e. The zero-order valence-corrected chi connectivity index (χ0v) is 10.7. The number of aliphatic hydroxyl groups is 1. The van der Waals surface area contributed by atoms with Gasteiger partial charge in [0, 0.05) is 0 Å². The highest BCUT2D eigenvalue weighted by Crippen LogP contribution is 2.27. The van der Waals surface area contributed by atoms with Crippen LogP contribution in [0.1, 0.15) is 37.7 Å². The summed E-state index contributed by atoms with van der Waals surface area (Å²) in [6, 6.07) is 3.06. The highest BCUT2D eigenvalue weighted by Gasteiger charge is 2.22. The van der Waals surface area contributed by atoms with Gasteiger partial charge >= 0.3 is 0 Å². The lowest BCUT2D eigenvalue weighted by molar-refractivity contribution is 0.144. The number of nitrogens with two attached hydrogens (primary N) is 1. The molecule has 0 spiro atoms. The van der Waals surface area contributed by atoms with E-state index < -0.39 is 0 Å². The molecule has 0 saturated heterocycles. The minimum absolute atomic E-state index is 0.0136. The molecule has 0 aromatic heterocycles. The first-order valence-corrected chi connectivity index (χ1v) is 6.58. The first-order chi connectivity index (χ1) is 8.58. The SMILES string of the molecule is Cc1cc(NC2CCCCCC2O)c(N)cc1F. The number of nitrogens with one attached hydrogen (secondary N) is 1. The zero-order chi connectivity index (χ0) is 13.1. The molecule has 1 aliphatic carbocycles. The van der Waals surface area contributed by atoms with Gasteiger partial charge in [-0.25, -0.2) is 4.39 Å². The van der Waals surface area contributed by atoms with Gasteiger partial charge in [0.1, 0.15) is 5.82 Å². The molecule has 0 bridgehead atoms. The van der Waals surface area contributed by atoms with Gasteiger partial charge < -0.3 is 16.2 Å². The van der Waals surface area contributed by atoms with E-state index in [4.69, 9.17) is 5.73 Å². The van der Waals surface area contributed by atoms with Crippen LogP contribution in [0.25, 0.3) is 0 Å². The Bertz CT molecular complexity index is 423. The molecule has 1 aromatic rings. The second-order valence-electron chi connectivity index (χ2n) is 5.14. The molecule has 2 unspecified atom stereocenters. The van der Waals surface area contributed by atoms with Gasteiger partial charge in [0.25, 0.3) is 0 Å². The topological polar surface area (TPSA) is 58.3 Å². The van der Waals surface area contributed by atoms with Crippen molar-refractivity contribution in [1.82, 2.24) is 0 Å². The number of aryl methyl sites for hydroxylation is 1. The second kappa shape index (κ2) is 5.57. The van der Waals surface area contributed by atoms with Crippen molar-refractivity contribution in [2.24, 2.45) is 0 Å². The van der Waals surface area contributed by atoms with E-state index >= 15 is 0 Å². The lowest BCUT2D eigenvalue weighted by Gasteiger charge is -2.24. The number of hydrogen-bond acceptors (Lipinski definition) is 3. The van der Waals surface area contributed by atoms with E-state index in [-0.39, 0.29) is 18.0 Å². The highest BCUT2D eigenvalue weighted by molar-refractivity contribution is 5.67. The molecule has 4 heteroatoms. The maximum atomic E-state index is 13.3. The molecule has 1 fully saturated rings. The summed E-state index contributed by atoms with van der Waals surface area (Å²) >= 11 is 0. The first-order valence-electron chi connectivity index (χ1n) is 6.58. The molecule has 0 heterocycles. The number of halogens is 1. The Morgan fingerprint density at radius 2 is 2.00 bits per heavy atom. The van der Waals surface area contributed by atoms with E-state index in [1.807, 2.05) is 0 Å². The third-order valence-electron chi connectivity index (χ3n) is 3.65. The molecular formula is C14H21FN2O. The molecule has 4 N–H and O–H groups in total. The third-order valence-corrected chi connectivity index (χ3v) is 3.65. The zero-order valence-electron chi connectivity index (χ0n) is 10.7. The maximum absolute atomic E-state index is 13.3. The number of rotatable bonds is 2. The summed E-state index contributed by atoms with van der Waals surface area (Å²) in [5.41, 5.74) is 7.49. The molecule has 18 heavy (non-hydrogen) atoms. The van der Waals surface area contributed by atoms with Crippen LogP contribution in [0.5, 0.6) is 0 Å². The van der Waals surface area contributed by atoms with Gasteiger partial charge in [-0.3, -0.25) is 0 Å². The Morgan fingerprint density at radius 1 is 1.28 bits per heavy atom. The van der Waals surface area contributed by atoms with Gasteiger partial charge in [0.15, 0.2) is 0 Å². The summed E-state index contributed by atoms with van der Waals surface area (Å²) in [6.07, 6.45) is 4.73. The Balaban J connectivity index is 2.14. The van der Waals surface area contributed by atoms with Crippen molar-refractivity contribution in [1.29, 1.82) is 0 Å². The number of anilines is 2. The Labute approximate surface area is 107 Å². The summed E-state index contributed by atoms with van der Waals surface area (Å²) < 4.78 is 13.3. The number of nitrogen functional groups attached to an aromatic ring is 1. The predicted molar refractivity (Wildman–Crippen MR) is 72.1 cm³/mol. The summed E-state index contributed by atoms with van der Waals surface area (Å²) in [6.45, 7) is 1.71. The minimum atomic E-state index is -0.350. The molecular weight excluding hydrogens is 231 g/mol. The van der Waals surface area contributed by atoms with Crippen LogP contribution in [0.4, 0.5) is 15.8 Å². The molecule has 1 aromatic carbocycles. The van der Waals surface area contributed by atoms with Crippen molar-refractivity contribution < 1.29 is 9.50 Å². The third kappa shape index (κ3) is 2.93. The summed E-state index contributed by atoms with van der Waals surface area (Å²) in [4.78, 5) is 0. The van der Waals surface area contributed by atoms with E-state index in [1.165, 1.54) is 6.07 Å². The Morgan fingerprint density at radius 3 is 2.78 bits per heavy atom. The van der Waals surface area contributed by atoms with Crippen LogP contribution in [-0.4, -0.2) is 17.3 Å². The quantitative estimate of drug-likeness (QED) is 0.560. The second-order valence-corrected chi connectivity index (χ2v) is 5.14. The van der Waals surface area contributed by atoms with Crippen molar-refractivity contribution in [2.75, 3.05) is 11.1 Å². The maximum Gasteiger partial charge on any atom is 0.128 e. The molecule has 100 valence electrons. The van der Waals surface area contributed by atoms with E-state index in [1.54, 1.807) is 13.0 Å². The summed E-state index contributed by atoms with van der Waals surface area (Å²) in [5.74, 6) is -0.292. The van der Waals surface area contributed by atoms with Crippen molar-refractivity contribution in [3.63, 3.8) is 0 Å². The number of aliphatic hydroxyl groups excluding tert-OH is 1. The van der Waals surface area contributed by atoms with E-state index in [0.29, 0.717) is 11.3 Å². The van der Waals surface area contributed by atoms with E-state index in [9.17, 15) is 9.50 Å². The van der Waals surface area contributed by atoms with E-state index in [2.05, 4.69) is 5.32 Å².